The van der Waals surface area contributed by atoms with Crippen molar-refractivity contribution in [1.82, 2.24) is 5.32 Å². The molecule has 0 heterocycles. The van der Waals surface area contributed by atoms with Crippen LogP contribution in [0, 0.1) is 0 Å². The first-order valence-corrected chi connectivity index (χ1v) is 9.67. The second-order valence-corrected chi connectivity index (χ2v) is 6.77. The Bertz CT molecular complexity index is 1190. The SMILES string of the molecule is NC(N)=Nc1ccc(C(=O)Oc2cccc(C(=O)N[C@@H](CC(=O)O)C(=O)O)c2)cc1.O=C(O)C(F)(F)F. The van der Waals surface area contributed by atoms with E-state index in [1.165, 1.54) is 48.5 Å². The Morgan fingerprint density at radius 1 is 0.946 bits per heavy atom. The number of halogens is 3. The topological polar surface area (TPSA) is 232 Å². The molecular weight excluding hydrogens is 509 g/mol. The molecule has 37 heavy (non-hydrogen) atoms. The average Bonchev–Trinajstić information content (AvgIpc) is 2.78. The zero-order valence-corrected chi connectivity index (χ0v) is 18.4. The van der Waals surface area contributed by atoms with Gasteiger partial charge in [-0.25, -0.2) is 19.4 Å². The summed E-state index contributed by atoms with van der Waals surface area (Å²) in [6.07, 6.45) is -5.87. The van der Waals surface area contributed by atoms with Crippen LogP contribution in [0.4, 0.5) is 18.9 Å². The number of ether oxygens (including phenoxy) is 1. The Hall–Kier alpha value is -5.15. The number of aliphatic imine (C=N–C) groups is 1. The molecule has 13 nitrogen and oxygen atoms in total. The van der Waals surface area contributed by atoms with Crippen molar-refractivity contribution in [1.29, 1.82) is 0 Å². The molecule has 0 aliphatic rings. The second-order valence-electron chi connectivity index (χ2n) is 6.77. The van der Waals surface area contributed by atoms with E-state index in [4.69, 9.17) is 36.3 Å². The van der Waals surface area contributed by atoms with Crippen molar-refractivity contribution in [3.8, 4) is 5.75 Å². The van der Waals surface area contributed by atoms with Crippen LogP contribution in [0.25, 0.3) is 0 Å². The molecular formula is C21H19F3N4O9. The number of nitrogens with two attached hydrogens (primary N) is 2. The molecule has 16 heteroatoms. The van der Waals surface area contributed by atoms with Crippen LogP contribution in [0.5, 0.6) is 5.75 Å². The molecule has 0 aromatic heterocycles. The first-order chi connectivity index (χ1) is 17.1. The fourth-order valence-electron chi connectivity index (χ4n) is 2.30. The predicted octanol–water partition coefficient (Wildman–Crippen LogP) is 1.10. The van der Waals surface area contributed by atoms with Crippen molar-refractivity contribution in [2.75, 3.05) is 0 Å². The minimum Gasteiger partial charge on any atom is -0.481 e. The number of guanidine groups is 1. The van der Waals surface area contributed by atoms with Crippen LogP contribution in [0.2, 0.25) is 0 Å². The molecule has 0 spiro atoms. The summed E-state index contributed by atoms with van der Waals surface area (Å²) in [6, 6.07) is 9.74. The third-order valence-corrected chi connectivity index (χ3v) is 3.89. The minimum atomic E-state index is -5.08. The van der Waals surface area contributed by atoms with E-state index in [0.717, 1.165) is 0 Å². The Morgan fingerprint density at radius 3 is 1.97 bits per heavy atom. The molecule has 1 atom stereocenters. The number of hydrogen-bond acceptors (Lipinski definition) is 7. The second kappa shape index (κ2) is 13.1. The van der Waals surface area contributed by atoms with Gasteiger partial charge in [0.2, 0.25) is 0 Å². The van der Waals surface area contributed by atoms with E-state index >= 15 is 0 Å². The van der Waals surface area contributed by atoms with Gasteiger partial charge in [0.25, 0.3) is 5.91 Å². The number of rotatable bonds is 8. The largest absolute Gasteiger partial charge is 0.490 e. The molecule has 0 radical (unpaired) electrons. The maximum Gasteiger partial charge on any atom is 0.490 e. The number of aliphatic carboxylic acids is 3. The first-order valence-electron chi connectivity index (χ1n) is 9.67. The van der Waals surface area contributed by atoms with Gasteiger partial charge in [0.05, 0.1) is 17.7 Å². The number of alkyl halides is 3. The summed E-state index contributed by atoms with van der Waals surface area (Å²) in [5.74, 6) is -7.26. The van der Waals surface area contributed by atoms with Crippen molar-refractivity contribution >= 4 is 41.4 Å². The first kappa shape index (κ1) is 29.9. The summed E-state index contributed by atoms with van der Waals surface area (Å²) < 4.78 is 37.0. The Morgan fingerprint density at radius 2 is 1.51 bits per heavy atom. The van der Waals surface area contributed by atoms with Crippen LogP contribution in [0.1, 0.15) is 27.1 Å². The zero-order valence-electron chi connectivity index (χ0n) is 18.4. The van der Waals surface area contributed by atoms with Crippen LogP contribution < -0.4 is 21.5 Å². The van der Waals surface area contributed by atoms with Crippen molar-refractivity contribution in [2.24, 2.45) is 16.5 Å². The van der Waals surface area contributed by atoms with Crippen LogP contribution in [0.15, 0.2) is 53.5 Å². The quantitative estimate of drug-likeness (QED) is 0.123. The standard InChI is InChI=1S/C19H18N4O7.C2HF3O2/c20-19(21)22-12-6-4-10(5-7-12)18(29)30-13-3-1-2-11(8-13)16(26)23-14(17(27)28)9-15(24)25;3-2(4,5)1(6)7/h1-8,14H,9H2,(H,23,26)(H,24,25)(H,27,28)(H4,20,21,22);(H,6,7)/t14-;/m0./s1. The van der Waals surface area contributed by atoms with Crippen LogP contribution >= 0.6 is 0 Å². The van der Waals surface area contributed by atoms with Gasteiger partial charge in [-0.15, -0.1) is 0 Å². The highest BCUT2D eigenvalue weighted by molar-refractivity contribution is 5.98. The lowest BCUT2D eigenvalue weighted by Gasteiger charge is -2.13. The van der Waals surface area contributed by atoms with Gasteiger partial charge in [-0.1, -0.05) is 6.07 Å². The summed E-state index contributed by atoms with van der Waals surface area (Å²) in [6.45, 7) is 0. The Balaban J connectivity index is 0.000000856. The van der Waals surface area contributed by atoms with Gasteiger partial charge in [0.15, 0.2) is 5.96 Å². The molecule has 1 amide bonds. The number of carboxylic acid groups (broad SMARTS) is 3. The number of benzene rings is 2. The van der Waals surface area contributed by atoms with Gasteiger partial charge in [-0.05, 0) is 42.5 Å². The fourth-order valence-corrected chi connectivity index (χ4v) is 2.30. The van der Waals surface area contributed by atoms with Crippen LogP contribution in [-0.2, 0) is 14.4 Å². The maximum atomic E-state index is 12.3. The molecule has 0 saturated heterocycles. The van der Waals surface area contributed by atoms with Gasteiger partial charge in [0, 0.05) is 5.56 Å². The highest BCUT2D eigenvalue weighted by Gasteiger charge is 2.38. The summed E-state index contributed by atoms with van der Waals surface area (Å²) in [4.78, 5) is 59.0. The van der Waals surface area contributed by atoms with Crippen molar-refractivity contribution in [3.05, 3.63) is 59.7 Å². The molecule has 0 fully saturated rings. The number of esters is 1. The van der Waals surface area contributed by atoms with E-state index in [0.29, 0.717) is 5.69 Å². The molecule has 0 aliphatic carbocycles. The third kappa shape index (κ3) is 10.8. The maximum absolute atomic E-state index is 12.3. The lowest BCUT2D eigenvalue weighted by atomic mass is 10.1. The molecule has 8 N–H and O–H groups in total. The molecule has 0 unspecified atom stereocenters. The van der Waals surface area contributed by atoms with Gasteiger partial charge in [0.1, 0.15) is 11.8 Å². The lowest BCUT2D eigenvalue weighted by molar-refractivity contribution is -0.192. The highest BCUT2D eigenvalue weighted by atomic mass is 19.4. The smallest absolute Gasteiger partial charge is 0.481 e. The van der Waals surface area contributed by atoms with Crippen LogP contribution in [-0.4, -0.2) is 63.3 Å². The van der Waals surface area contributed by atoms with Crippen molar-refractivity contribution in [3.63, 3.8) is 0 Å². The monoisotopic (exact) mass is 528 g/mol. The predicted molar refractivity (Wildman–Crippen MR) is 118 cm³/mol. The molecule has 0 saturated carbocycles. The summed E-state index contributed by atoms with van der Waals surface area (Å²) in [5.41, 5.74) is 11.2. The number of carbonyl (C=O) groups excluding carboxylic acids is 2. The molecule has 0 bridgehead atoms. The van der Waals surface area contributed by atoms with Gasteiger partial charge in [-0.2, -0.15) is 13.2 Å². The number of amides is 1. The molecule has 198 valence electrons. The van der Waals surface area contributed by atoms with E-state index in [1.54, 1.807) is 0 Å². The van der Waals surface area contributed by atoms with E-state index in [-0.39, 0.29) is 22.8 Å². The number of hydrogen-bond donors (Lipinski definition) is 6. The summed E-state index contributed by atoms with van der Waals surface area (Å²) in [5, 5.41) is 27.0. The lowest BCUT2D eigenvalue weighted by Crippen LogP contribution is -2.42. The van der Waals surface area contributed by atoms with Crippen molar-refractivity contribution < 1.29 is 57.2 Å². The number of nitrogens with one attached hydrogen (secondary N) is 1. The van der Waals surface area contributed by atoms with E-state index in [9.17, 15) is 32.3 Å². The van der Waals surface area contributed by atoms with Gasteiger partial charge >= 0.3 is 30.1 Å². The van der Waals surface area contributed by atoms with E-state index < -0.39 is 48.4 Å². The highest BCUT2D eigenvalue weighted by Crippen LogP contribution is 2.18. The molecule has 2 aromatic rings. The van der Waals surface area contributed by atoms with E-state index in [2.05, 4.69) is 10.3 Å². The Labute approximate surface area is 205 Å². The number of nitrogens with zero attached hydrogens (tertiary/aromatic N) is 1. The van der Waals surface area contributed by atoms with Crippen molar-refractivity contribution in [2.45, 2.75) is 18.6 Å². The van der Waals surface area contributed by atoms with E-state index in [1.807, 2.05) is 0 Å². The summed E-state index contributed by atoms with van der Waals surface area (Å²) >= 11 is 0. The number of carboxylic acids is 3. The zero-order chi connectivity index (χ0) is 28.3. The summed E-state index contributed by atoms with van der Waals surface area (Å²) in [7, 11) is 0. The van der Waals surface area contributed by atoms with Crippen LogP contribution in [0.3, 0.4) is 0 Å². The van der Waals surface area contributed by atoms with Gasteiger partial charge in [-0.3, -0.25) is 9.59 Å². The van der Waals surface area contributed by atoms with Gasteiger partial charge < -0.3 is 36.8 Å². The average molecular weight is 528 g/mol. The fraction of sp³-hybridized carbons (Fsp3) is 0.143. The normalized spacial score (nSPS) is 11.1. The minimum absolute atomic E-state index is 0.0138. The third-order valence-electron chi connectivity index (χ3n) is 3.89. The number of carbonyl (C=O) groups is 5. The molecule has 2 aromatic carbocycles. The Kier molecular flexibility index (Phi) is 10.6. The molecule has 2 rings (SSSR count). The molecule has 0 aliphatic heterocycles.